The number of methoxy groups -OCH3 is 2. The summed E-state index contributed by atoms with van der Waals surface area (Å²) in [6.45, 7) is 3.24. The van der Waals surface area contributed by atoms with E-state index in [2.05, 4.69) is 31.1 Å². The molecule has 0 heterocycles. The molecule has 0 aliphatic rings. The topological polar surface area (TPSA) is 327 Å². The Morgan fingerprint density at radius 2 is 0.806 bits per heavy atom. The summed E-state index contributed by atoms with van der Waals surface area (Å²) in [7, 11) is -16.2. The zero-order valence-electron chi connectivity index (χ0n) is 32.3. The van der Waals surface area contributed by atoms with Gasteiger partial charge in [-0.1, -0.05) is 12.1 Å². The van der Waals surface area contributed by atoms with Crippen LogP contribution in [0.3, 0.4) is 0 Å². The quantitative estimate of drug-likeness (QED) is 0.0499. The highest BCUT2D eigenvalue weighted by Crippen LogP contribution is 2.39. The molecule has 0 atom stereocenters. The van der Waals surface area contributed by atoms with Gasteiger partial charge in [0.1, 0.15) is 22.9 Å². The van der Waals surface area contributed by atoms with Crippen LogP contribution in [0.4, 0.5) is 38.9 Å². The Hall–Kier alpha value is -6.45. The fourth-order valence-corrected chi connectivity index (χ4v) is 8.04. The first-order valence-corrected chi connectivity index (χ1v) is 23.0. The summed E-state index contributed by atoms with van der Waals surface area (Å²) in [4.78, 5) is 11.2. The van der Waals surface area contributed by atoms with E-state index in [4.69, 9.17) is 9.47 Å². The van der Waals surface area contributed by atoms with Crippen LogP contribution in [0.1, 0.15) is 11.1 Å². The van der Waals surface area contributed by atoms with Gasteiger partial charge in [0.05, 0.1) is 45.2 Å². The zero-order chi connectivity index (χ0) is 45.5. The average molecular weight is 929 g/mol. The number of aryl methyl sites for hydroxylation is 2. The van der Waals surface area contributed by atoms with E-state index >= 15 is 0 Å². The minimum Gasteiger partial charge on any atom is -0.494 e. The Labute approximate surface area is 353 Å². The molecule has 0 bridgehead atoms. The highest BCUT2D eigenvalue weighted by atomic mass is 32.2. The van der Waals surface area contributed by atoms with Gasteiger partial charge >= 0.3 is 6.03 Å². The normalized spacial score (nSPS) is 12.6. The van der Waals surface area contributed by atoms with Crippen LogP contribution in [-0.2, 0) is 40.5 Å². The summed E-state index contributed by atoms with van der Waals surface area (Å²) < 4.78 is 145. The van der Waals surface area contributed by atoms with E-state index in [9.17, 15) is 56.7 Å². The fraction of sp³-hybridized carbons (Fsp3) is 0.108. The molecule has 2 amide bonds. The summed E-state index contributed by atoms with van der Waals surface area (Å²) >= 11 is 0. The van der Waals surface area contributed by atoms with Crippen molar-refractivity contribution >= 4 is 102 Å². The third kappa shape index (κ3) is 10.0. The number of hydrogen-bond acceptors (Lipinski definition) is 15. The molecule has 0 unspecified atom stereocenters. The van der Waals surface area contributed by atoms with Gasteiger partial charge in [-0.15, -0.1) is 20.5 Å². The molecule has 0 aromatic heterocycles. The molecule has 324 valence electrons. The number of nitrogens with zero attached hydrogens (tertiary/aromatic N) is 4. The lowest BCUT2D eigenvalue weighted by atomic mass is 10.1. The van der Waals surface area contributed by atoms with E-state index < -0.39 is 66.1 Å². The smallest absolute Gasteiger partial charge is 0.323 e. The second-order valence-electron chi connectivity index (χ2n) is 13.2. The van der Waals surface area contributed by atoms with Crippen LogP contribution >= 0.6 is 0 Å². The van der Waals surface area contributed by atoms with Gasteiger partial charge < -0.3 is 20.1 Å². The number of fused-ring (bicyclic) bond motifs is 2. The molecule has 0 fully saturated rings. The molecule has 6 N–H and O–H groups in total. The molecule has 6 rings (SSSR count). The summed E-state index contributed by atoms with van der Waals surface area (Å²) in [6.07, 6.45) is 0. The first-order chi connectivity index (χ1) is 28.8. The van der Waals surface area contributed by atoms with Crippen molar-refractivity contribution in [2.24, 2.45) is 20.5 Å². The molecule has 0 radical (unpaired) electrons. The van der Waals surface area contributed by atoms with Gasteiger partial charge in [0, 0.05) is 34.3 Å². The molecule has 6 aromatic carbocycles. The average Bonchev–Trinajstić information content (AvgIpc) is 3.18. The molecule has 0 aliphatic heterocycles. The lowest BCUT2D eigenvalue weighted by molar-refractivity contribution is 0.262. The van der Waals surface area contributed by atoms with Crippen LogP contribution < -0.4 is 20.1 Å². The molecule has 0 aliphatic carbocycles. The monoisotopic (exact) mass is 928 g/mol. The minimum absolute atomic E-state index is 0.0703. The van der Waals surface area contributed by atoms with Crippen LogP contribution in [0, 0.1) is 13.8 Å². The predicted molar refractivity (Wildman–Crippen MR) is 224 cm³/mol. The largest absolute Gasteiger partial charge is 0.494 e. The van der Waals surface area contributed by atoms with Crippen LogP contribution in [0.15, 0.2) is 125 Å². The third-order valence-electron chi connectivity index (χ3n) is 9.03. The highest BCUT2D eigenvalue weighted by Gasteiger charge is 2.20. The Kier molecular flexibility index (Phi) is 12.2. The van der Waals surface area contributed by atoms with Gasteiger partial charge in [0.2, 0.25) is 0 Å². The molecule has 0 saturated heterocycles. The van der Waals surface area contributed by atoms with Crippen molar-refractivity contribution < 1.29 is 66.2 Å². The molecule has 6 aromatic rings. The van der Waals surface area contributed by atoms with Crippen molar-refractivity contribution in [1.82, 2.24) is 0 Å². The van der Waals surface area contributed by atoms with Crippen LogP contribution in [0.5, 0.6) is 11.5 Å². The Bertz CT molecular complexity index is 3160. The maximum Gasteiger partial charge on any atom is 0.323 e. The number of rotatable bonds is 12. The molecule has 0 saturated carbocycles. The van der Waals surface area contributed by atoms with Gasteiger partial charge in [-0.25, -0.2) is 4.79 Å². The fourth-order valence-electron chi connectivity index (χ4n) is 5.95. The second kappa shape index (κ2) is 16.8. The number of hydrogen-bond donors (Lipinski definition) is 6. The van der Waals surface area contributed by atoms with Crippen molar-refractivity contribution in [2.45, 2.75) is 33.4 Å². The lowest BCUT2D eigenvalue weighted by Gasteiger charge is -2.15. The van der Waals surface area contributed by atoms with Gasteiger partial charge in [0.15, 0.2) is 0 Å². The predicted octanol–water partition coefficient (Wildman–Crippen LogP) is 8.09. The molecule has 21 nitrogen and oxygen atoms in total. The summed E-state index contributed by atoms with van der Waals surface area (Å²) in [5, 5.41) is 22.3. The molecular formula is C37H32N6O15S4. The van der Waals surface area contributed by atoms with Gasteiger partial charge in [0.25, 0.3) is 40.5 Å². The Balaban J connectivity index is 1.27. The number of urea groups is 1. The minimum atomic E-state index is -4.74. The summed E-state index contributed by atoms with van der Waals surface area (Å²) in [6, 6.07) is 15.8. The van der Waals surface area contributed by atoms with E-state index in [1.807, 2.05) is 0 Å². The van der Waals surface area contributed by atoms with Crippen molar-refractivity contribution in [1.29, 1.82) is 0 Å². The maximum atomic E-state index is 13.3. The standard InChI is InChI=1S/C37H32N6O15S4/c1-19-9-33(42-40-31-15-25(61(51,52)53)11-21-5-7-23(13-27(21)31)59(45,46)47)35(57-3)17-29(19)38-37(44)39-30-18-36(58-4)34(10-20(30)2)43-41-32-16-26(62(54,55)56)12-22-6-8-24(14-28(22)32)60(48,49)50/h5-18H,1-4H3,(H2,38,39,44)(H,45,46,47)(H,48,49,50)(H,51,52,53)(H,54,55,56). The van der Waals surface area contributed by atoms with Crippen molar-refractivity contribution in [3.8, 4) is 11.5 Å². The number of azo groups is 2. The number of carbonyl (C=O) groups excluding carboxylic acids is 1. The number of benzene rings is 6. The first kappa shape index (κ1) is 45.1. The van der Waals surface area contributed by atoms with Gasteiger partial charge in [-0.2, -0.15) is 33.7 Å². The number of nitrogens with one attached hydrogen (secondary N) is 2. The van der Waals surface area contributed by atoms with Gasteiger partial charge in [-0.3, -0.25) is 18.2 Å². The second-order valence-corrected chi connectivity index (χ2v) is 18.9. The maximum absolute atomic E-state index is 13.3. The SMILES string of the molecule is COc1cc(NC(=O)Nc2cc(OC)c(N=Nc3cc(S(=O)(=O)O)cc4ccc(S(=O)(=O)O)cc34)cc2C)c(C)cc1N=Nc1cc(S(=O)(=O)O)cc2ccc(S(=O)(=O)O)cc12. The summed E-state index contributed by atoms with van der Waals surface area (Å²) in [5.41, 5.74) is 1.20. The molecule has 0 spiro atoms. The van der Waals surface area contributed by atoms with Crippen LogP contribution in [0.2, 0.25) is 0 Å². The van der Waals surface area contributed by atoms with E-state index in [0.717, 1.165) is 48.5 Å². The number of amides is 2. The number of ether oxygens (including phenoxy) is 2. The Morgan fingerprint density at radius 3 is 1.13 bits per heavy atom. The van der Waals surface area contributed by atoms with Crippen molar-refractivity contribution in [3.05, 3.63) is 96.1 Å². The van der Waals surface area contributed by atoms with Crippen molar-refractivity contribution in [3.63, 3.8) is 0 Å². The summed E-state index contributed by atoms with van der Waals surface area (Å²) in [5.74, 6) is 0.167. The van der Waals surface area contributed by atoms with E-state index in [-0.39, 0.29) is 67.2 Å². The molecule has 25 heteroatoms. The molecule has 62 heavy (non-hydrogen) atoms. The van der Waals surface area contributed by atoms with E-state index in [0.29, 0.717) is 11.1 Å². The third-order valence-corrected chi connectivity index (χ3v) is 12.4. The highest BCUT2D eigenvalue weighted by molar-refractivity contribution is 7.86. The van der Waals surface area contributed by atoms with Gasteiger partial charge in [-0.05, 0) is 96.4 Å². The molecular weight excluding hydrogens is 897 g/mol. The van der Waals surface area contributed by atoms with E-state index in [1.165, 1.54) is 50.6 Å². The zero-order valence-corrected chi connectivity index (χ0v) is 35.6. The number of carbonyl (C=O) groups is 1. The first-order valence-electron chi connectivity index (χ1n) is 17.2. The lowest BCUT2D eigenvalue weighted by Crippen LogP contribution is -2.20. The Morgan fingerprint density at radius 1 is 0.468 bits per heavy atom. The number of anilines is 2. The van der Waals surface area contributed by atoms with E-state index in [1.54, 1.807) is 13.8 Å². The van der Waals surface area contributed by atoms with Crippen LogP contribution in [-0.4, -0.2) is 72.1 Å². The van der Waals surface area contributed by atoms with Crippen molar-refractivity contribution in [2.75, 3.05) is 24.9 Å². The van der Waals surface area contributed by atoms with Crippen LogP contribution in [0.25, 0.3) is 21.5 Å².